The van der Waals surface area contributed by atoms with Crippen molar-refractivity contribution in [2.24, 2.45) is 0 Å². The van der Waals surface area contributed by atoms with Gasteiger partial charge in [0.15, 0.2) is 11.6 Å². The van der Waals surface area contributed by atoms with E-state index in [-0.39, 0.29) is 0 Å². The number of nitrogens with zero attached hydrogens (tertiary/aromatic N) is 3. The molecule has 0 bridgehead atoms. The van der Waals surface area contributed by atoms with Crippen molar-refractivity contribution < 1.29 is 14.2 Å². The number of fused-ring (bicyclic) bond motifs is 1. The van der Waals surface area contributed by atoms with Gasteiger partial charge in [-0.3, -0.25) is 0 Å². The van der Waals surface area contributed by atoms with E-state index in [1.807, 2.05) is 25.1 Å². The summed E-state index contributed by atoms with van der Waals surface area (Å²) in [6.45, 7) is 4.35. The Bertz CT molecular complexity index is 610. The Balaban J connectivity index is 1.75. The van der Waals surface area contributed by atoms with Gasteiger partial charge >= 0.3 is 0 Å². The van der Waals surface area contributed by atoms with Gasteiger partial charge in [-0.1, -0.05) is 6.07 Å². The van der Waals surface area contributed by atoms with Crippen molar-refractivity contribution in [2.45, 2.75) is 26.7 Å². The van der Waals surface area contributed by atoms with Gasteiger partial charge in [-0.15, -0.1) is 10.2 Å². The monoisotopic (exact) mass is 275 g/mol. The first kappa shape index (κ1) is 12.9. The lowest BCUT2D eigenvalue weighted by Crippen LogP contribution is -2.19. The van der Waals surface area contributed by atoms with Crippen molar-refractivity contribution in [3.63, 3.8) is 0 Å². The Morgan fingerprint density at radius 2 is 2.15 bits per heavy atom. The van der Waals surface area contributed by atoms with Gasteiger partial charge in [-0.25, -0.2) is 0 Å². The van der Waals surface area contributed by atoms with Crippen LogP contribution in [0.2, 0.25) is 0 Å². The Morgan fingerprint density at radius 3 is 3.00 bits per heavy atom. The summed E-state index contributed by atoms with van der Waals surface area (Å²) in [5.41, 5.74) is 0.983. The number of methoxy groups -OCH3 is 1. The van der Waals surface area contributed by atoms with E-state index in [1.165, 1.54) is 0 Å². The second-order valence-corrected chi connectivity index (χ2v) is 4.61. The highest BCUT2D eigenvalue weighted by Gasteiger charge is 2.16. The van der Waals surface area contributed by atoms with Crippen LogP contribution in [0, 0.1) is 6.92 Å². The molecule has 1 aliphatic heterocycles. The van der Waals surface area contributed by atoms with Crippen LogP contribution in [0.4, 0.5) is 0 Å². The predicted molar refractivity (Wildman–Crippen MR) is 71.7 cm³/mol. The molecule has 3 rings (SSSR count). The lowest BCUT2D eigenvalue weighted by atomic mass is 10.2. The molecule has 6 heteroatoms. The second-order valence-electron chi connectivity index (χ2n) is 4.61. The summed E-state index contributed by atoms with van der Waals surface area (Å²) in [5.74, 6) is 3.30. The largest absolute Gasteiger partial charge is 0.496 e. The molecule has 0 amide bonds. The molecule has 6 nitrogen and oxygen atoms in total. The van der Waals surface area contributed by atoms with E-state index >= 15 is 0 Å². The average Bonchev–Trinajstić information content (AvgIpc) is 2.89. The highest BCUT2D eigenvalue weighted by Crippen LogP contribution is 2.27. The maximum Gasteiger partial charge on any atom is 0.171 e. The Morgan fingerprint density at radius 1 is 1.30 bits per heavy atom. The molecule has 0 saturated heterocycles. The van der Waals surface area contributed by atoms with E-state index in [0.29, 0.717) is 19.8 Å². The summed E-state index contributed by atoms with van der Waals surface area (Å²) in [5, 5.41) is 8.27. The summed E-state index contributed by atoms with van der Waals surface area (Å²) in [6.07, 6.45) is 0. The van der Waals surface area contributed by atoms with Crippen LogP contribution < -0.4 is 9.47 Å². The SMILES string of the molecule is COc1cccc(OCc2nnc3n2CCOC3)c1C. The Hall–Kier alpha value is -2.08. The van der Waals surface area contributed by atoms with E-state index in [0.717, 1.165) is 35.3 Å². The zero-order valence-electron chi connectivity index (χ0n) is 11.6. The molecule has 2 heterocycles. The maximum absolute atomic E-state index is 5.85. The number of hydrogen-bond donors (Lipinski definition) is 0. The number of ether oxygens (including phenoxy) is 3. The zero-order valence-corrected chi connectivity index (χ0v) is 11.6. The fraction of sp³-hybridized carbons (Fsp3) is 0.429. The highest BCUT2D eigenvalue weighted by atomic mass is 16.5. The van der Waals surface area contributed by atoms with Crippen molar-refractivity contribution in [3.05, 3.63) is 35.4 Å². The molecule has 106 valence electrons. The first-order valence-electron chi connectivity index (χ1n) is 6.54. The minimum absolute atomic E-state index is 0.390. The second kappa shape index (κ2) is 5.50. The van der Waals surface area contributed by atoms with Crippen LogP contribution in [-0.4, -0.2) is 28.5 Å². The van der Waals surface area contributed by atoms with E-state index in [4.69, 9.17) is 14.2 Å². The zero-order chi connectivity index (χ0) is 13.9. The van der Waals surface area contributed by atoms with Gasteiger partial charge in [0.05, 0.1) is 13.7 Å². The van der Waals surface area contributed by atoms with E-state index in [9.17, 15) is 0 Å². The van der Waals surface area contributed by atoms with Crippen LogP contribution in [0.15, 0.2) is 18.2 Å². The van der Waals surface area contributed by atoms with Gasteiger partial charge in [0.1, 0.15) is 24.7 Å². The predicted octanol–water partition coefficient (Wildman–Crippen LogP) is 1.70. The molecule has 2 aromatic rings. The molecule has 0 unspecified atom stereocenters. The average molecular weight is 275 g/mol. The van der Waals surface area contributed by atoms with Crippen LogP contribution in [0.25, 0.3) is 0 Å². The number of aromatic nitrogens is 3. The van der Waals surface area contributed by atoms with Crippen molar-refractivity contribution in [2.75, 3.05) is 13.7 Å². The molecule has 20 heavy (non-hydrogen) atoms. The molecule has 1 aromatic carbocycles. The molecule has 0 spiro atoms. The van der Waals surface area contributed by atoms with E-state index < -0.39 is 0 Å². The van der Waals surface area contributed by atoms with Crippen molar-refractivity contribution in [3.8, 4) is 11.5 Å². The summed E-state index contributed by atoms with van der Waals surface area (Å²) in [4.78, 5) is 0. The summed E-state index contributed by atoms with van der Waals surface area (Å²) in [6, 6.07) is 5.75. The van der Waals surface area contributed by atoms with Gasteiger partial charge in [-0.2, -0.15) is 0 Å². The molecule has 0 radical (unpaired) electrons. The first-order chi connectivity index (χ1) is 9.79. The van der Waals surface area contributed by atoms with Crippen LogP contribution in [0.5, 0.6) is 11.5 Å². The van der Waals surface area contributed by atoms with Gasteiger partial charge in [0.25, 0.3) is 0 Å². The van der Waals surface area contributed by atoms with E-state index in [1.54, 1.807) is 7.11 Å². The van der Waals surface area contributed by atoms with Gasteiger partial charge in [0.2, 0.25) is 0 Å². The van der Waals surface area contributed by atoms with Gasteiger partial charge in [-0.05, 0) is 19.1 Å². The minimum atomic E-state index is 0.390. The minimum Gasteiger partial charge on any atom is -0.496 e. The maximum atomic E-state index is 5.85. The number of benzene rings is 1. The molecule has 0 fully saturated rings. The molecule has 0 atom stereocenters. The smallest absolute Gasteiger partial charge is 0.171 e. The molecule has 0 aliphatic carbocycles. The summed E-state index contributed by atoms with van der Waals surface area (Å²) < 4.78 is 18.5. The summed E-state index contributed by atoms with van der Waals surface area (Å²) >= 11 is 0. The van der Waals surface area contributed by atoms with Crippen LogP contribution in [0.3, 0.4) is 0 Å². The molecule has 0 saturated carbocycles. The fourth-order valence-electron chi connectivity index (χ4n) is 2.28. The molecular formula is C14H17N3O3. The van der Waals surface area contributed by atoms with Gasteiger partial charge < -0.3 is 18.8 Å². The number of hydrogen-bond acceptors (Lipinski definition) is 5. The lowest BCUT2D eigenvalue weighted by Gasteiger charge is -2.16. The normalized spacial score (nSPS) is 13.9. The highest BCUT2D eigenvalue weighted by molar-refractivity contribution is 5.43. The number of rotatable bonds is 4. The third kappa shape index (κ3) is 2.34. The van der Waals surface area contributed by atoms with Crippen LogP contribution in [-0.2, 0) is 24.5 Å². The first-order valence-corrected chi connectivity index (χ1v) is 6.54. The molecule has 0 N–H and O–H groups in total. The summed E-state index contributed by atoms with van der Waals surface area (Å²) in [7, 11) is 1.65. The molecular weight excluding hydrogens is 258 g/mol. The third-order valence-electron chi connectivity index (χ3n) is 3.41. The molecule has 1 aromatic heterocycles. The van der Waals surface area contributed by atoms with Crippen molar-refractivity contribution in [1.82, 2.24) is 14.8 Å². The van der Waals surface area contributed by atoms with Gasteiger partial charge in [0, 0.05) is 12.1 Å². The third-order valence-corrected chi connectivity index (χ3v) is 3.41. The lowest BCUT2D eigenvalue weighted by molar-refractivity contribution is 0.0794. The van der Waals surface area contributed by atoms with E-state index in [2.05, 4.69) is 14.8 Å². The van der Waals surface area contributed by atoms with Crippen LogP contribution in [0.1, 0.15) is 17.2 Å². The topological polar surface area (TPSA) is 58.4 Å². The van der Waals surface area contributed by atoms with Crippen molar-refractivity contribution in [1.29, 1.82) is 0 Å². The van der Waals surface area contributed by atoms with Crippen molar-refractivity contribution >= 4 is 0 Å². The Kier molecular flexibility index (Phi) is 3.56. The van der Waals surface area contributed by atoms with Crippen LogP contribution >= 0.6 is 0 Å². The Labute approximate surface area is 117 Å². The fourth-order valence-corrected chi connectivity index (χ4v) is 2.28. The quantitative estimate of drug-likeness (QED) is 0.850. The standard InChI is InChI=1S/C14H17N3O3/c1-10-11(18-2)4-3-5-12(10)20-9-14-16-15-13-8-19-7-6-17(13)14/h3-5H,6-9H2,1-2H3. The molecule has 1 aliphatic rings.